The lowest BCUT2D eigenvalue weighted by Gasteiger charge is -2.10. The van der Waals surface area contributed by atoms with Crippen LogP contribution < -0.4 is 5.32 Å². The summed E-state index contributed by atoms with van der Waals surface area (Å²) in [5.74, 6) is -0.425. The van der Waals surface area contributed by atoms with Crippen molar-refractivity contribution in [2.24, 2.45) is 0 Å². The summed E-state index contributed by atoms with van der Waals surface area (Å²) in [6, 6.07) is 10.4. The van der Waals surface area contributed by atoms with Gasteiger partial charge in [-0.3, -0.25) is 4.79 Å². The second-order valence-corrected chi connectivity index (χ2v) is 5.83. The fourth-order valence-corrected chi connectivity index (χ4v) is 2.94. The third-order valence-electron chi connectivity index (χ3n) is 4.15. The third-order valence-corrected chi connectivity index (χ3v) is 4.15. The van der Waals surface area contributed by atoms with E-state index >= 15 is 0 Å². The molecule has 0 radical (unpaired) electrons. The van der Waals surface area contributed by atoms with Crippen LogP contribution in [-0.2, 0) is 12.7 Å². The lowest BCUT2D eigenvalue weighted by atomic mass is 10.1. The van der Waals surface area contributed by atoms with Crippen molar-refractivity contribution < 1.29 is 18.0 Å². The van der Waals surface area contributed by atoms with Crippen molar-refractivity contribution in [3.8, 4) is 0 Å². The van der Waals surface area contributed by atoms with Gasteiger partial charge in [-0.05, 0) is 43.7 Å². The van der Waals surface area contributed by atoms with Crippen LogP contribution in [0.4, 0.5) is 18.9 Å². The van der Waals surface area contributed by atoms with E-state index in [1.165, 1.54) is 12.1 Å². The van der Waals surface area contributed by atoms with Gasteiger partial charge in [0, 0.05) is 29.3 Å². The lowest BCUT2D eigenvalue weighted by molar-refractivity contribution is -0.137. The number of hydrogen-bond acceptors (Lipinski definition) is 1. The molecule has 25 heavy (non-hydrogen) atoms. The van der Waals surface area contributed by atoms with E-state index in [1.807, 2.05) is 36.6 Å². The molecule has 1 aromatic heterocycles. The number of amides is 1. The molecule has 3 nitrogen and oxygen atoms in total. The minimum atomic E-state index is -4.45. The highest BCUT2D eigenvalue weighted by Gasteiger charge is 2.30. The van der Waals surface area contributed by atoms with Crippen LogP contribution in [-0.4, -0.2) is 10.5 Å². The number of anilines is 1. The molecule has 0 unspecified atom stereocenters. The first-order valence-electron chi connectivity index (χ1n) is 7.88. The summed E-state index contributed by atoms with van der Waals surface area (Å²) in [7, 11) is 0. The van der Waals surface area contributed by atoms with E-state index in [9.17, 15) is 18.0 Å². The fourth-order valence-electron chi connectivity index (χ4n) is 2.94. The van der Waals surface area contributed by atoms with Gasteiger partial charge in [0.2, 0.25) is 0 Å². The van der Waals surface area contributed by atoms with E-state index in [4.69, 9.17) is 0 Å². The molecule has 0 aliphatic heterocycles. The van der Waals surface area contributed by atoms with Gasteiger partial charge in [0.15, 0.2) is 0 Å². The minimum absolute atomic E-state index is 0.116. The second-order valence-electron chi connectivity index (χ2n) is 5.83. The van der Waals surface area contributed by atoms with E-state index in [-0.39, 0.29) is 5.69 Å². The van der Waals surface area contributed by atoms with Crippen LogP contribution in [0.3, 0.4) is 0 Å². The van der Waals surface area contributed by atoms with Gasteiger partial charge >= 0.3 is 6.18 Å². The van der Waals surface area contributed by atoms with Crippen molar-refractivity contribution in [3.05, 3.63) is 65.4 Å². The van der Waals surface area contributed by atoms with E-state index in [0.717, 1.165) is 28.6 Å². The van der Waals surface area contributed by atoms with Crippen LogP contribution in [0.25, 0.3) is 10.9 Å². The number of nitrogens with zero attached hydrogens (tertiary/aromatic N) is 1. The molecule has 6 heteroatoms. The summed E-state index contributed by atoms with van der Waals surface area (Å²) in [5.41, 5.74) is 1.64. The summed E-state index contributed by atoms with van der Waals surface area (Å²) in [6.45, 7) is 4.57. The number of halogens is 3. The lowest BCUT2D eigenvalue weighted by Crippen LogP contribution is -2.13. The molecule has 0 spiro atoms. The Hall–Kier alpha value is -2.76. The molecule has 2 aromatic carbocycles. The molecule has 0 bridgehead atoms. The summed E-state index contributed by atoms with van der Waals surface area (Å²) in [6.07, 6.45) is -2.71. The number of aryl methyl sites for hydroxylation is 2. The quantitative estimate of drug-likeness (QED) is 0.691. The van der Waals surface area contributed by atoms with Gasteiger partial charge in [0.05, 0.1) is 11.1 Å². The average Bonchev–Trinajstić information content (AvgIpc) is 2.94. The van der Waals surface area contributed by atoms with Crippen LogP contribution in [0, 0.1) is 6.92 Å². The van der Waals surface area contributed by atoms with Crippen molar-refractivity contribution in [2.45, 2.75) is 26.6 Å². The topological polar surface area (TPSA) is 34.0 Å². The van der Waals surface area contributed by atoms with Crippen molar-refractivity contribution in [1.82, 2.24) is 4.57 Å². The largest absolute Gasteiger partial charge is 0.416 e. The van der Waals surface area contributed by atoms with Gasteiger partial charge in [-0.15, -0.1) is 0 Å². The summed E-state index contributed by atoms with van der Waals surface area (Å²) in [4.78, 5) is 12.7. The number of alkyl halides is 3. The number of hydrogen-bond donors (Lipinski definition) is 1. The number of benzene rings is 2. The number of fused-ring (bicyclic) bond motifs is 1. The Morgan fingerprint density at radius 2 is 1.88 bits per heavy atom. The first kappa shape index (κ1) is 17.1. The summed E-state index contributed by atoms with van der Waals surface area (Å²) < 4.78 is 40.4. The first-order valence-corrected chi connectivity index (χ1v) is 7.88. The molecule has 0 saturated carbocycles. The zero-order chi connectivity index (χ0) is 18.2. The van der Waals surface area contributed by atoms with Crippen molar-refractivity contribution >= 4 is 22.5 Å². The van der Waals surface area contributed by atoms with E-state index in [2.05, 4.69) is 5.32 Å². The Bertz CT molecular complexity index is 941. The SMILES string of the molecule is CCn1cc(C(=O)Nc2cccc(C(F)(F)F)c2)c2c(C)cccc21. The van der Waals surface area contributed by atoms with E-state index in [0.29, 0.717) is 12.1 Å². The molecule has 0 aliphatic carbocycles. The molecule has 1 heterocycles. The highest BCUT2D eigenvalue weighted by atomic mass is 19.4. The highest BCUT2D eigenvalue weighted by Crippen LogP contribution is 2.31. The van der Waals surface area contributed by atoms with Gasteiger partial charge in [-0.2, -0.15) is 13.2 Å². The Balaban J connectivity index is 1.99. The van der Waals surface area contributed by atoms with Crippen LogP contribution >= 0.6 is 0 Å². The van der Waals surface area contributed by atoms with Gasteiger partial charge < -0.3 is 9.88 Å². The Morgan fingerprint density at radius 3 is 2.56 bits per heavy atom. The van der Waals surface area contributed by atoms with Gasteiger partial charge in [0.1, 0.15) is 0 Å². The third kappa shape index (κ3) is 3.24. The molecule has 3 aromatic rings. The van der Waals surface area contributed by atoms with Gasteiger partial charge in [0.25, 0.3) is 5.91 Å². The van der Waals surface area contributed by atoms with E-state index in [1.54, 1.807) is 6.20 Å². The average molecular weight is 346 g/mol. The van der Waals surface area contributed by atoms with E-state index < -0.39 is 17.6 Å². The molecule has 1 amide bonds. The normalized spacial score (nSPS) is 11.7. The zero-order valence-corrected chi connectivity index (χ0v) is 13.8. The Morgan fingerprint density at radius 1 is 1.16 bits per heavy atom. The van der Waals surface area contributed by atoms with Crippen molar-refractivity contribution in [3.63, 3.8) is 0 Å². The van der Waals surface area contributed by atoms with Crippen LogP contribution in [0.2, 0.25) is 0 Å². The fraction of sp³-hybridized carbons (Fsp3) is 0.211. The zero-order valence-electron chi connectivity index (χ0n) is 13.8. The maximum atomic E-state index is 12.8. The number of carbonyl (C=O) groups excluding carboxylic acids is 1. The van der Waals surface area contributed by atoms with Crippen molar-refractivity contribution in [1.29, 1.82) is 0 Å². The number of nitrogens with one attached hydrogen (secondary N) is 1. The van der Waals surface area contributed by atoms with Crippen LogP contribution in [0.5, 0.6) is 0 Å². The maximum absolute atomic E-state index is 12.8. The van der Waals surface area contributed by atoms with Gasteiger partial charge in [-0.25, -0.2) is 0 Å². The van der Waals surface area contributed by atoms with Crippen LogP contribution in [0.15, 0.2) is 48.7 Å². The molecule has 0 atom stereocenters. The molecule has 0 aliphatic rings. The number of rotatable bonds is 3. The molecule has 0 fully saturated rings. The molecule has 0 saturated heterocycles. The molecule has 130 valence electrons. The number of aromatic nitrogens is 1. The van der Waals surface area contributed by atoms with Crippen LogP contribution in [0.1, 0.15) is 28.4 Å². The summed E-state index contributed by atoms with van der Waals surface area (Å²) >= 11 is 0. The first-order chi connectivity index (χ1) is 11.8. The second kappa shape index (κ2) is 6.27. The Kier molecular flexibility index (Phi) is 4.29. The molecular weight excluding hydrogens is 329 g/mol. The van der Waals surface area contributed by atoms with Gasteiger partial charge in [-0.1, -0.05) is 18.2 Å². The predicted octanol–water partition coefficient (Wildman–Crippen LogP) is 5.24. The van der Waals surface area contributed by atoms with Crippen molar-refractivity contribution in [2.75, 3.05) is 5.32 Å². The minimum Gasteiger partial charge on any atom is -0.347 e. The monoisotopic (exact) mass is 346 g/mol. The predicted molar refractivity (Wildman–Crippen MR) is 91.7 cm³/mol. The number of carbonyl (C=O) groups is 1. The molecular formula is C19H17F3N2O. The highest BCUT2D eigenvalue weighted by molar-refractivity contribution is 6.13. The summed E-state index contributed by atoms with van der Waals surface area (Å²) in [5, 5.41) is 3.39. The molecule has 1 N–H and O–H groups in total. The maximum Gasteiger partial charge on any atom is 0.416 e. The standard InChI is InChI=1S/C19H17F3N2O/c1-3-24-11-15(17-12(2)6-4-9-16(17)24)18(25)23-14-8-5-7-13(10-14)19(20,21)22/h4-11H,3H2,1-2H3,(H,23,25). The Labute approximate surface area is 143 Å². The molecule has 3 rings (SSSR count). The smallest absolute Gasteiger partial charge is 0.347 e.